The topological polar surface area (TPSA) is 32.3 Å². The first-order valence-corrected chi connectivity index (χ1v) is 7.95. The summed E-state index contributed by atoms with van der Waals surface area (Å²) in [6.45, 7) is 9.36. The van der Waals surface area contributed by atoms with Crippen molar-refractivity contribution in [1.82, 2.24) is 10.2 Å². The van der Waals surface area contributed by atoms with Crippen molar-refractivity contribution in [2.45, 2.75) is 52.6 Å². The SMILES string of the molecule is CC(C)CCN(C)C(=O)[C@H](Cc1ccccc1)NC(C)C. The second-order valence-corrected chi connectivity index (χ2v) is 6.51. The molecule has 0 saturated carbocycles. The molecule has 0 heterocycles. The van der Waals surface area contributed by atoms with Gasteiger partial charge in [-0.1, -0.05) is 58.0 Å². The molecular formula is C18H30N2O. The number of amides is 1. The third-order valence-corrected chi connectivity index (χ3v) is 3.53. The Morgan fingerprint density at radius 1 is 1.14 bits per heavy atom. The van der Waals surface area contributed by atoms with Crippen LogP contribution in [0.3, 0.4) is 0 Å². The van der Waals surface area contributed by atoms with Crippen molar-refractivity contribution in [2.24, 2.45) is 5.92 Å². The molecule has 3 heteroatoms. The summed E-state index contributed by atoms with van der Waals surface area (Å²) < 4.78 is 0. The maximum atomic E-state index is 12.7. The lowest BCUT2D eigenvalue weighted by Gasteiger charge is -2.27. The molecule has 0 fully saturated rings. The monoisotopic (exact) mass is 290 g/mol. The molecule has 0 aromatic heterocycles. The zero-order chi connectivity index (χ0) is 15.8. The number of likely N-dealkylation sites (N-methyl/N-ethyl adjacent to an activating group) is 1. The number of benzene rings is 1. The molecule has 118 valence electrons. The quantitative estimate of drug-likeness (QED) is 0.798. The van der Waals surface area contributed by atoms with Gasteiger partial charge in [0.05, 0.1) is 6.04 Å². The van der Waals surface area contributed by atoms with E-state index in [0.29, 0.717) is 12.0 Å². The van der Waals surface area contributed by atoms with Crippen molar-refractivity contribution >= 4 is 5.91 Å². The molecule has 0 aliphatic carbocycles. The number of carbonyl (C=O) groups excluding carboxylic acids is 1. The number of rotatable bonds is 8. The minimum Gasteiger partial charge on any atom is -0.344 e. The van der Waals surface area contributed by atoms with E-state index in [2.05, 4.69) is 45.1 Å². The minimum atomic E-state index is -0.149. The highest BCUT2D eigenvalue weighted by Gasteiger charge is 2.22. The van der Waals surface area contributed by atoms with Gasteiger partial charge in [0, 0.05) is 19.6 Å². The second-order valence-electron chi connectivity index (χ2n) is 6.51. The molecule has 21 heavy (non-hydrogen) atoms. The van der Waals surface area contributed by atoms with Crippen LogP contribution >= 0.6 is 0 Å². The van der Waals surface area contributed by atoms with Gasteiger partial charge >= 0.3 is 0 Å². The Labute approximate surface area is 129 Å². The number of nitrogens with one attached hydrogen (secondary N) is 1. The van der Waals surface area contributed by atoms with Crippen LogP contribution in [0.1, 0.15) is 39.7 Å². The molecule has 1 aromatic rings. The van der Waals surface area contributed by atoms with E-state index in [0.717, 1.165) is 19.4 Å². The minimum absolute atomic E-state index is 0.149. The molecule has 3 nitrogen and oxygen atoms in total. The van der Waals surface area contributed by atoms with Crippen LogP contribution in [0.15, 0.2) is 30.3 Å². The molecule has 1 N–H and O–H groups in total. The summed E-state index contributed by atoms with van der Waals surface area (Å²) in [7, 11) is 1.91. The third kappa shape index (κ3) is 6.76. The molecule has 0 aliphatic heterocycles. The van der Waals surface area contributed by atoms with Crippen LogP contribution in [0, 0.1) is 5.92 Å². The molecule has 0 unspecified atom stereocenters. The molecule has 1 rings (SSSR count). The van der Waals surface area contributed by atoms with E-state index in [1.807, 2.05) is 30.1 Å². The van der Waals surface area contributed by atoms with Gasteiger partial charge in [0.15, 0.2) is 0 Å². The standard InChI is InChI=1S/C18H30N2O/c1-14(2)11-12-20(5)18(21)17(19-15(3)4)13-16-9-7-6-8-10-16/h6-10,14-15,17,19H,11-13H2,1-5H3/t17-/m0/s1. The Hall–Kier alpha value is -1.35. The number of carbonyl (C=O) groups is 1. The first-order valence-electron chi connectivity index (χ1n) is 7.95. The van der Waals surface area contributed by atoms with Crippen molar-refractivity contribution in [1.29, 1.82) is 0 Å². The fourth-order valence-corrected chi connectivity index (χ4v) is 2.30. The second kappa shape index (κ2) is 8.83. The van der Waals surface area contributed by atoms with Gasteiger partial charge in [0.2, 0.25) is 5.91 Å². The fraction of sp³-hybridized carbons (Fsp3) is 0.611. The lowest BCUT2D eigenvalue weighted by atomic mass is 10.0. The summed E-state index contributed by atoms with van der Waals surface area (Å²) in [5, 5.41) is 3.41. The van der Waals surface area contributed by atoms with Crippen molar-refractivity contribution in [3.63, 3.8) is 0 Å². The summed E-state index contributed by atoms with van der Waals surface area (Å²) in [4.78, 5) is 14.5. The summed E-state index contributed by atoms with van der Waals surface area (Å²) in [6, 6.07) is 10.4. The fourth-order valence-electron chi connectivity index (χ4n) is 2.30. The summed E-state index contributed by atoms with van der Waals surface area (Å²) >= 11 is 0. The van der Waals surface area contributed by atoms with Gasteiger partial charge < -0.3 is 10.2 Å². The Balaban J connectivity index is 2.69. The van der Waals surface area contributed by atoms with Crippen molar-refractivity contribution in [3.8, 4) is 0 Å². The van der Waals surface area contributed by atoms with Crippen LogP contribution in [0.25, 0.3) is 0 Å². The normalized spacial score (nSPS) is 12.7. The summed E-state index contributed by atoms with van der Waals surface area (Å²) in [5.41, 5.74) is 1.20. The Kier molecular flexibility index (Phi) is 7.44. The lowest BCUT2D eigenvalue weighted by Crippen LogP contribution is -2.49. The molecule has 0 saturated heterocycles. The molecule has 1 atom stereocenters. The van der Waals surface area contributed by atoms with E-state index < -0.39 is 0 Å². The van der Waals surface area contributed by atoms with Crippen molar-refractivity contribution < 1.29 is 4.79 Å². The third-order valence-electron chi connectivity index (χ3n) is 3.53. The molecule has 0 bridgehead atoms. The van der Waals surface area contributed by atoms with Gasteiger partial charge in [-0.15, -0.1) is 0 Å². The van der Waals surface area contributed by atoms with E-state index in [1.165, 1.54) is 5.56 Å². The van der Waals surface area contributed by atoms with E-state index in [4.69, 9.17) is 0 Å². The predicted octanol–water partition coefficient (Wildman–Crippen LogP) is 3.10. The van der Waals surface area contributed by atoms with Crippen LogP contribution in [0.2, 0.25) is 0 Å². The van der Waals surface area contributed by atoms with E-state index in [9.17, 15) is 4.79 Å². The number of hydrogen-bond donors (Lipinski definition) is 1. The maximum absolute atomic E-state index is 12.7. The van der Waals surface area contributed by atoms with Gasteiger partial charge in [0.1, 0.15) is 0 Å². The average molecular weight is 290 g/mol. The van der Waals surface area contributed by atoms with Gasteiger partial charge in [-0.3, -0.25) is 4.79 Å². The van der Waals surface area contributed by atoms with E-state index >= 15 is 0 Å². The van der Waals surface area contributed by atoms with Crippen molar-refractivity contribution in [3.05, 3.63) is 35.9 Å². The highest BCUT2D eigenvalue weighted by Crippen LogP contribution is 2.08. The zero-order valence-corrected chi connectivity index (χ0v) is 14.1. The summed E-state index contributed by atoms with van der Waals surface area (Å²) in [6.07, 6.45) is 1.78. The molecule has 0 aliphatic rings. The maximum Gasteiger partial charge on any atom is 0.239 e. The summed E-state index contributed by atoms with van der Waals surface area (Å²) in [5.74, 6) is 0.805. The van der Waals surface area contributed by atoms with E-state index in [1.54, 1.807) is 0 Å². The Morgan fingerprint density at radius 3 is 2.29 bits per heavy atom. The highest BCUT2D eigenvalue weighted by atomic mass is 16.2. The first kappa shape index (κ1) is 17.7. The predicted molar refractivity (Wildman–Crippen MR) is 89.3 cm³/mol. The largest absolute Gasteiger partial charge is 0.344 e. The molecule has 0 spiro atoms. The average Bonchev–Trinajstić information content (AvgIpc) is 2.43. The highest BCUT2D eigenvalue weighted by molar-refractivity contribution is 5.82. The van der Waals surface area contributed by atoms with Crippen LogP contribution in [0.5, 0.6) is 0 Å². The van der Waals surface area contributed by atoms with Crippen molar-refractivity contribution in [2.75, 3.05) is 13.6 Å². The first-order chi connectivity index (χ1) is 9.90. The van der Waals surface area contributed by atoms with Gasteiger partial charge in [0.25, 0.3) is 0 Å². The molecule has 1 amide bonds. The van der Waals surface area contributed by atoms with Gasteiger partial charge in [-0.2, -0.15) is 0 Å². The van der Waals surface area contributed by atoms with Crippen LogP contribution in [-0.2, 0) is 11.2 Å². The molecular weight excluding hydrogens is 260 g/mol. The lowest BCUT2D eigenvalue weighted by molar-refractivity contribution is -0.132. The van der Waals surface area contributed by atoms with Gasteiger partial charge in [-0.25, -0.2) is 0 Å². The zero-order valence-electron chi connectivity index (χ0n) is 14.1. The number of nitrogens with zero attached hydrogens (tertiary/aromatic N) is 1. The molecule has 1 aromatic carbocycles. The van der Waals surface area contributed by atoms with Crippen LogP contribution in [-0.4, -0.2) is 36.5 Å². The Morgan fingerprint density at radius 2 is 1.76 bits per heavy atom. The Bertz CT molecular complexity index is 414. The van der Waals surface area contributed by atoms with Crippen LogP contribution < -0.4 is 5.32 Å². The number of hydrogen-bond acceptors (Lipinski definition) is 2. The van der Waals surface area contributed by atoms with Crippen LogP contribution in [0.4, 0.5) is 0 Å². The molecule has 0 radical (unpaired) electrons. The van der Waals surface area contributed by atoms with E-state index in [-0.39, 0.29) is 11.9 Å². The smallest absolute Gasteiger partial charge is 0.239 e. The van der Waals surface area contributed by atoms with Gasteiger partial charge in [-0.05, 0) is 24.3 Å².